The van der Waals surface area contributed by atoms with Crippen molar-refractivity contribution in [2.75, 3.05) is 0 Å². The smallest absolute Gasteiger partial charge is 0.201 e. The molecule has 0 radical (unpaired) electrons. The zero-order chi connectivity index (χ0) is 25.2. The Bertz CT molecular complexity index is 934. The molecule has 0 saturated heterocycles. The minimum absolute atomic E-state index is 1.13. The number of rotatable bonds is 14. The van der Waals surface area contributed by atoms with Crippen molar-refractivity contribution in [3.05, 3.63) is 76.4 Å². The van der Waals surface area contributed by atoms with E-state index in [-0.39, 0.29) is 0 Å². The van der Waals surface area contributed by atoms with Gasteiger partial charge in [-0.15, -0.1) is 0 Å². The minimum atomic E-state index is 1.13. The Kier molecular flexibility index (Phi) is 10.6. The topological polar surface area (TPSA) is 8.81 Å². The maximum atomic E-state index is 2.48. The van der Waals surface area contributed by atoms with Gasteiger partial charge >= 0.3 is 0 Å². The average Bonchev–Trinajstić information content (AvgIpc) is 3.29. The summed E-state index contributed by atoms with van der Waals surface area (Å²) in [5.41, 5.74) is 11.9. The van der Waals surface area contributed by atoms with Gasteiger partial charge in [0, 0.05) is 0 Å². The Morgan fingerprint density at radius 3 is 1.37 bits per heavy atom. The first-order valence-electron chi connectivity index (χ1n) is 14.5. The van der Waals surface area contributed by atoms with Crippen molar-refractivity contribution in [2.45, 2.75) is 119 Å². The molecular weight excluding hydrogens is 424 g/mol. The lowest BCUT2D eigenvalue weighted by Gasteiger charge is -2.15. The second kappa shape index (κ2) is 13.7. The predicted octanol–water partition coefficient (Wildman–Crippen LogP) is 8.47. The molecule has 0 saturated carbocycles. The Balaban J connectivity index is 2.17. The highest BCUT2D eigenvalue weighted by atomic mass is 15.1. The zero-order valence-corrected chi connectivity index (χ0v) is 23.4. The fraction of sp³-hybridized carbons (Fsp3) is 0.545. The van der Waals surface area contributed by atoms with Gasteiger partial charge in [0.25, 0.3) is 6.33 Å². The Morgan fingerprint density at radius 1 is 0.543 bits per heavy atom. The van der Waals surface area contributed by atoms with E-state index in [9.17, 15) is 0 Å². The molecule has 0 aliphatic rings. The van der Waals surface area contributed by atoms with Gasteiger partial charge in [-0.1, -0.05) is 104 Å². The van der Waals surface area contributed by atoms with Crippen LogP contribution in [-0.2, 0) is 38.5 Å². The van der Waals surface area contributed by atoms with Gasteiger partial charge in [-0.2, -0.15) is 0 Å². The highest BCUT2D eigenvalue weighted by molar-refractivity contribution is 5.51. The summed E-state index contributed by atoms with van der Waals surface area (Å²) in [5.74, 6) is 0. The predicted molar refractivity (Wildman–Crippen MR) is 151 cm³/mol. The normalized spacial score (nSPS) is 11.4. The lowest BCUT2D eigenvalue weighted by Crippen LogP contribution is -2.31. The summed E-state index contributed by atoms with van der Waals surface area (Å²) in [7, 11) is 0. The third-order valence-corrected chi connectivity index (χ3v) is 6.96. The summed E-state index contributed by atoms with van der Waals surface area (Å²) in [5, 5.41) is 0. The fourth-order valence-corrected chi connectivity index (χ4v) is 5.65. The van der Waals surface area contributed by atoms with Crippen LogP contribution in [0, 0.1) is 0 Å². The number of hydrogen-bond donors (Lipinski definition) is 0. The van der Waals surface area contributed by atoms with E-state index in [2.05, 4.69) is 93.7 Å². The highest BCUT2D eigenvalue weighted by Crippen LogP contribution is 2.27. The summed E-state index contributed by atoms with van der Waals surface area (Å²) in [6.07, 6.45) is 20.9. The van der Waals surface area contributed by atoms with Gasteiger partial charge in [-0.25, -0.2) is 9.13 Å². The SMILES string of the molecule is CCCc1cc(CCC)c(-n2cc[n+](-c3c(CCC)cc(CCC)cc3CCC)c2)c(CCC)c1. The molecule has 3 rings (SSSR count). The van der Waals surface area contributed by atoms with Gasteiger partial charge in [0.05, 0.1) is 0 Å². The highest BCUT2D eigenvalue weighted by Gasteiger charge is 2.21. The van der Waals surface area contributed by atoms with Crippen molar-refractivity contribution in [2.24, 2.45) is 0 Å². The van der Waals surface area contributed by atoms with Crippen molar-refractivity contribution in [3.63, 3.8) is 0 Å². The Morgan fingerprint density at radius 2 is 0.943 bits per heavy atom. The van der Waals surface area contributed by atoms with E-state index in [1.165, 1.54) is 96.1 Å². The molecule has 3 aromatic rings. The third-order valence-electron chi connectivity index (χ3n) is 6.96. The molecule has 0 spiro atoms. The molecule has 35 heavy (non-hydrogen) atoms. The van der Waals surface area contributed by atoms with E-state index < -0.39 is 0 Å². The molecule has 2 aromatic carbocycles. The van der Waals surface area contributed by atoms with Gasteiger partial charge in [-0.3, -0.25) is 0 Å². The van der Waals surface area contributed by atoms with Crippen LogP contribution < -0.4 is 4.57 Å². The van der Waals surface area contributed by atoms with Crippen LogP contribution in [0.25, 0.3) is 11.4 Å². The van der Waals surface area contributed by atoms with Gasteiger partial charge < -0.3 is 0 Å². The summed E-state index contributed by atoms with van der Waals surface area (Å²) in [6.45, 7) is 13.8. The molecule has 2 nitrogen and oxygen atoms in total. The van der Waals surface area contributed by atoms with E-state index >= 15 is 0 Å². The fourth-order valence-electron chi connectivity index (χ4n) is 5.65. The molecule has 0 aliphatic carbocycles. The standard InChI is InChI=1S/C33H49N2/c1-7-13-26-21-28(15-9-3)32(29(22-26)16-10-4)34-19-20-35(25-34)33-30(17-11-5)23-27(14-8-2)24-31(33)18-12-6/h19-25H,7-18H2,1-6H3/q+1. The first kappa shape index (κ1) is 27.2. The molecule has 0 atom stereocenters. The van der Waals surface area contributed by atoms with Gasteiger partial charge in [0.2, 0.25) is 0 Å². The molecular formula is C33H49N2+. The number of imidazole rings is 1. The molecule has 0 fully saturated rings. The van der Waals surface area contributed by atoms with Crippen molar-refractivity contribution in [1.29, 1.82) is 0 Å². The summed E-state index contributed by atoms with van der Waals surface area (Å²) in [6, 6.07) is 9.93. The van der Waals surface area contributed by atoms with Crippen LogP contribution in [0.4, 0.5) is 0 Å². The zero-order valence-electron chi connectivity index (χ0n) is 23.4. The molecule has 0 amide bonds. The van der Waals surface area contributed by atoms with Crippen LogP contribution in [0.5, 0.6) is 0 Å². The number of aromatic nitrogens is 2. The molecule has 0 N–H and O–H groups in total. The lowest BCUT2D eigenvalue weighted by molar-refractivity contribution is -0.595. The molecule has 1 aromatic heterocycles. The van der Waals surface area contributed by atoms with E-state index in [0.29, 0.717) is 0 Å². The summed E-state index contributed by atoms with van der Waals surface area (Å²) < 4.78 is 4.83. The van der Waals surface area contributed by atoms with Crippen LogP contribution in [0.2, 0.25) is 0 Å². The van der Waals surface area contributed by atoms with E-state index in [4.69, 9.17) is 0 Å². The number of benzene rings is 2. The van der Waals surface area contributed by atoms with E-state index in [0.717, 1.165) is 25.7 Å². The quantitative estimate of drug-likeness (QED) is 0.208. The van der Waals surface area contributed by atoms with E-state index in [1.807, 2.05) is 0 Å². The molecule has 0 unspecified atom stereocenters. The molecule has 2 heteroatoms. The molecule has 0 bridgehead atoms. The number of hydrogen-bond acceptors (Lipinski definition) is 0. The lowest BCUT2D eigenvalue weighted by atomic mass is 9.95. The van der Waals surface area contributed by atoms with E-state index in [1.54, 1.807) is 0 Å². The van der Waals surface area contributed by atoms with Gasteiger partial charge in [0.15, 0.2) is 0 Å². The third kappa shape index (κ3) is 6.66. The first-order chi connectivity index (χ1) is 17.1. The van der Waals surface area contributed by atoms with Crippen LogP contribution >= 0.6 is 0 Å². The average molecular weight is 474 g/mol. The Labute approximate surface area is 215 Å². The van der Waals surface area contributed by atoms with Crippen LogP contribution in [0.1, 0.15) is 113 Å². The van der Waals surface area contributed by atoms with Gasteiger partial charge in [0.1, 0.15) is 23.8 Å². The molecule has 1 heterocycles. The van der Waals surface area contributed by atoms with Crippen molar-refractivity contribution < 1.29 is 4.57 Å². The maximum Gasteiger partial charge on any atom is 0.254 e. The largest absolute Gasteiger partial charge is 0.254 e. The second-order valence-electron chi connectivity index (χ2n) is 10.3. The van der Waals surface area contributed by atoms with Crippen molar-refractivity contribution in [1.82, 2.24) is 4.57 Å². The number of nitrogens with zero attached hydrogens (tertiary/aromatic N) is 2. The first-order valence-corrected chi connectivity index (χ1v) is 14.5. The van der Waals surface area contributed by atoms with Crippen LogP contribution in [0.3, 0.4) is 0 Å². The number of aryl methyl sites for hydroxylation is 6. The second-order valence-corrected chi connectivity index (χ2v) is 10.3. The van der Waals surface area contributed by atoms with Gasteiger partial charge in [-0.05, 0) is 71.9 Å². The minimum Gasteiger partial charge on any atom is -0.201 e. The van der Waals surface area contributed by atoms with Crippen LogP contribution in [-0.4, -0.2) is 4.57 Å². The van der Waals surface area contributed by atoms with Crippen molar-refractivity contribution in [3.8, 4) is 11.4 Å². The maximum absolute atomic E-state index is 2.48. The summed E-state index contributed by atoms with van der Waals surface area (Å²) in [4.78, 5) is 0. The van der Waals surface area contributed by atoms with Crippen molar-refractivity contribution >= 4 is 0 Å². The molecule has 0 aliphatic heterocycles. The monoisotopic (exact) mass is 473 g/mol. The Hall–Kier alpha value is -2.35. The molecule has 190 valence electrons. The summed E-state index contributed by atoms with van der Waals surface area (Å²) >= 11 is 0. The van der Waals surface area contributed by atoms with Crippen LogP contribution in [0.15, 0.2) is 43.0 Å².